The Labute approximate surface area is 88.2 Å². The lowest BCUT2D eigenvalue weighted by molar-refractivity contribution is 0.0691. The van der Waals surface area contributed by atoms with E-state index in [1.165, 1.54) is 0 Å². The van der Waals surface area contributed by atoms with E-state index in [4.69, 9.17) is 9.52 Å². The molecule has 4 nitrogen and oxygen atoms in total. The van der Waals surface area contributed by atoms with E-state index in [-0.39, 0.29) is 11.5 Å². The first-order valence-corrected chi connectivity index (χ1v) is 4.79. The Balaban J connectivity index is 2.49. The van der Waals surface area contributed by atoms with Crippen molar-refractivity contribution in [3.8, 4) is 11.3 Å². The highest BCUT2D eigenvalue weighted by Gasteiger charge is 2.16. The summed E-state index contributed by atoms with van der Waals surface area (Å²) in [6.45, 7) is 0. The number of nitrogens with zero attached hydrogens (tertiary/aromatic N) is 1. The number of carbonyl (C=O) groups is 1. The van der Waals surface area contributed by atoms with Gasteiger partial charge in [-0.2, -0.15) is 0 Å². The summed E-state index contributed by atoms with van der Waals surface area (Å²) < 4.78 is 5.05. The molecular weight excluding hydrogens is 213 g/mol. The van der Waals surface area contributed by atoms with Crippen molar-refractivity contribution >= 4 is 20.5 Å². The fourth-order valence-corrected chi connectivity index (χ4v) is 1.43. The second kappa shape index (κ2) is 3.83. The molecule has 76 valence electrons. The van der Waals surface area contributed by atoms with Crippen LogP contribution in [0.2, 0.25) is 0 Å². The number of rotatable bonds is 2. The van der Waals surface area contributed by atoms with E-state index < -0.39 is 5.97 Å². The van der Waals surface area contributed by atoms with E-state index in [1.807, 2.05) is 12.1 Å². The highest BCUT2D eigenvalue weighted by Crippen LogP contribution is 2.22. The lowest BCUT2D eigenvalue weighted by Crippen LogP contribution is -1.99. The first kappa shape index (κ1) is 9.87. The summed E-state index contributed by atoms with van der Waals surface area (Å²) in [6, 6.07) is 7.28. The Bertz CT molecular complexity index is 490. The molecule has 1 atom stereocenters. The Kier molecular flexibility index (Phi) is 2.52. The molecule has 5 heteroatoms. The molecule has 1 heterocycles. The molecule has 0 spiro atoms. The van der Waals surface area contributed by atoms with E-state index in [0.717, 1.165) is 11.7 Å². The van der Waals surface area contributed by atoms with Crippen molar-refractivity contribution in [1.82, 2.24) is 4.98 Å². The third kappa shape index (κ3) is 1.90. The van der Waals surface area contributed by atoms with Gasteiger partial charge < -0.3 is 9.52 Å². The molecule has 15 heavy (non-hydrogen) atoms. The molecule has 0 saturated heterocycles. The summed E-state index contributed by atoms with van der Waals surface area (Å²) >= 11 is 0. The third-order valence-corrected chi connectivity index (χ3v) is 2.33. The van der Waals surface area contributed by atoms with Crippen molar-refractivity contribution in [2.75, 3.05) is 0 Å². The maximum atomic E-state index is 10.8. The van der Waals surface area contributed by atoms with Gasteiger partial charge in [0.1, 0.15) is 0 Å². The Morgan fingerprint density at radius 3 is 2.60 bits per heavy atom. The topological polar surface area (TPSA) is 63.3 Å². The van der Waals surface area contributed by atoms with Gasteiger partial charge >= 0.3 is 5.97 Å². The number of hydrogen-bond donors (Lipinski definition) is 1. The van der Waals surface area contributed by atoms with Gasteiger partial charge in [0, 0.05) is 5.56 Å². The molecule has 1 aromatic heterocycles. The number of oxazole rings is 1. The number of carboxylic acids is 1. The first-order chi connectivity index (χ1) is 7.18. The van der Waals surface area contributed by atoms with Gasteiger partial charge in [0.2, 0.25) is 0 Å². The molecule has 0 amide bonds. The quantitative estimate of drug-likeness (QED) is 0.781. The minimum Gasteiger partial charge on any atom is -0.476 e. The monoisotopic (exact) mass is 221 g/mol. The molecule has 0 aliphatic rings. The predicted molar refractivity (Wildman–Crippen MR) is 58.2 cm³/mol. The number of hydrogen-bond acceptors (Lipinski definition) is 3. The second-order valence-corrected chi connectivity index (χ2v) is 3.62. The molecule has 1 N–H and O–H groups in total. The summed E-state index contributed by atoms with van der Waals surface area (Å²) in [7, 11) is 2.55. The van der Waals surface area contributed by atoms with Crippen LogP contribution in [-0.4, -0.2) is 16.1 Å². The lowest BCUT2D eigenvalue weighted by atomic mass is 10.1. The number of aromatic carboxylic acids is 1. The SMILES string of the molecule is O=C(O)c1ncoc1-c1ccc(P)cc1. The summed E-state index contributed by atoms with van der Waals surface area (Å²) in [5.74, 6) is -0.804. The largest absolute Gasteiger partial charge is 0.476 e. The molecule has 0 aliphatic carbocycles. The van der Waals surface area contributed by atoms with Gasteiger partial charge in [-0.25, -0.2) is 9.78 Å². The molecule has 1 aromatic carbocycles. The smallest absolute Gasteiger partial charge is 0.358 e. The van der Waals surface area contributed by atoms with Crippen LogP contribution in [0.5, 0.6) is 0 Å². The number of benzene rings is 1. The second-order valence-electron chi connectivity index (χ2n) is 2.96. The maximum absolute atomic E-state index is 10.8. The number of carboxylic acid groups (broad SMARTS) is 1. The van der Waals surface area contributed by atoms with Crippen LogP contribution in [0.1, 0.15) is 10.5 Å². The molecule has 2 aromatic rings. The lowest BCUT2D eigenvalue weighted by Gasteiger charge is -1.98. The van der Waals surface area contributed by atoms with E-state index in [2.05, 4.69) is 14.2 Å². The molecular formula is C10H8NO3P. The highest BCUT2D eigenvalue weighted by atomic mass is 31.0. The normalized spacial score (nSPS) is 10.2. The van der Waals surface area contributed by atoms with Crippen molar-refractivity contribution < 1.29 is 14.3 Å². The number of aromatic nitrogens is 1. The standard InChI is InChI=1S/C10H8NO3P/c12-10(13)8-9(14-5-11-8)6-1-3-7(15)4-2-6/h1-5H,15H2,(H,12,13). The Morgan fingerprint density at radius 2 is 2.00 bits per heavy atom. The zero-order valence-electron chi connectivity index (χ0n) is 7.68. The maximum Gasteiger partial charge on any atom is 0.358 e. The zero-order valence-corrected chi connectivity index (χ0v) is 8.83. The molecule has 0 radical (unpaired) electrons. The summed E-state index contributed by atoms with van der Waals surface area (Å²) in [5.41, 5.74) is 0.641. The van der Waals surface area contributed by atoms with Gasteiger partial charge in [0.05, 0.1) is 0 Å². The third-order valence-electron chi connectivity index (χ3n) is 1.94. The van der Waals surface area contributed by atoms with Crippen LogP contribution in [0.15, 0.2) is 35.1 Å². The van der Waals surface area contributed by atoms with Crippen molar-refractivity contribution in [2.45, 2.75) is 0 Å². The molecule has 0 saturated carbocycles. The van der Waals surface area contributed by atoms with Crippen LogP contribution in [-0.2, 0) is 0 Å². The van der Waals surface area contributed by atoms with Crippen LogP contribution in [0.4, 0.5) is 0 Å². The average molecular weight is 221 g/mol. The predicted octanol–water partition coefficient (Wildman–Crippen LogP) is 1.54. The zero-order chi connectivity index (χ0) is 10.8. The average Bonchev–Trinajstić information content (AvgIpc) is 2.67. The molecule has 2 rings (SSSR count). The fourth-order valence-electron chi connectivity index (χ4n) is 1.24. The van der Waals surface area contributed by atoms with Crippen LogP contribution >= 0.6 is 9.24 Å². The highest BCUT2D eigenvalue weighted by molar-refractivity contribution is 7.27. The van der Waals surface area contributed by atoms with Gasteiger partial charge in [-0.15, -0.1) is 9.24 Å². The van der Waals surface area contributed by atoms with Crippen molar-refractivity contribution in [2.24, 2.45) is 0 Å². The minimum atomic E-state index is -1.09. The Hall–Kier alpha value is -1.67. The summed E-state index contributed by atoms with van der Waals surface area (Å²) in [6.07, 6.45) is 1.13. The van der Waals surface area contributed by atoms with Gasteiger partial charge in [-0.3, -0.25) is 0 Å². The summed E-state index contributed by atoms with van der Waals surface area (Å²) in [5, 5.41) is 9.87. The molecule has 0 bridgehead atoms. The van der Waals surface area contributed by atoms with Crippen molar-refractivity contribution in [3.63, 3.8) is 0 Å². The van der Waals surface area contributed by atoms with Crippen LogP contribution in [0, 0.1) is 0 Å². The van der Waals surface area contributed by atoms with Crippen molar-refractivity contribution in [3.05, 3.63) is 36.4 Å². The van der Waals surface area contributed by atoms with Crippen LogP contribution in [0.3, 0.4) is 0 Å². The van der Waals surface area contributed by atoms with Gasteiger partial charge in [-0.1, -0.05) is 24.3 Å². The molecule has 1 unspecified atom stereocenters. The van der Waals surface area contributed by atoms with Gasteiger partial charge in [0.25, 0.3) is 0 Å². The van der Waals surface area contributed by atoms with E-state index in [0.29, 0.717) is 5.56 Å². The van der Waals surface area contributed by atoms with E-state index >= 15 is 0 Å². The van der Waals surface area contributed by atoms with Crippen LogP contribution in [0.25, 0.3) is 11.3 Å². The minimum absolute atomic E-state index is 0.0634. The first-order valence-electron chi connectivity index (χ1n) is 4.21. The van der Waals surface area contributed by atoms with Crippen molar-refractivity contribution in [1.29, 1.82) is 0 Å². The van der Waals surface area contributed by atoms with E-state index in [9.17, 15) is 4.79 Å². The van der Waals surface area contributed by atoms with Gasteiger partial charge in [0.15, 0.2) is 17.8 Å². The van der Waals surface area contributed by atoms with E-state index in [1.54, 1.807) is 12.1 Å². The van der Waals surface area contributed by atoms with Gasteiger partial charge in [-0.05, 0) is 5.30 Å². The molecule has 0 fully saturated rings. The summed E-state index contributed by atoms with van der Waals surface area (Å²) in [4.78, 5) is 14.4. The Morgan fingerprint density at radius 1 is 1.33 bits per heavy atom. The molecule has 0 aliphatic heterocycles. The fraction of sp³-hybridized carbons (Fsp3) is 0. The van der Waals surface area contributed by atoms with Crippen LogP contribution < -0.4 is 5.30 Å².